The molecule has 214 valence electrons. The Morgan fingerprint density at radius 2 is 1.90 bits per heavy atom. The maximum atomic E-state index is 15.5. The van der Waals surface area contributed by atoms with Crippen LogP contribution in [0, 0.1) is 6.92 Å². The van der Waals surface area contributed by atoms with Gasteiger partial charge in [-0.15, -0.1) is 0 Å². The van der Waals surface area contributed by atoms with Gasteiger partial charge in [-0.25, -0.2) is 4.39 Å². The number of nitrogens with zero attached hydrogens (tertiary/aromatic N) is 4. The molecule has 0 radical (unpaired) electrons. The second kappa shape index (κ2) is 11.9. The summed E-state index contributed by atoms with van der Waals surface area (Å²) in [6.45, 7) is 4.78. The largest absolute Gasteiger partial charge is 0.359 e. The lowest BCUT2D eigenvalue weighted by atomic mass is 9.98. The lowest BCUT2D eigenvalue weighted by Crippen LogP contribution is -2.63. The van der Waals surface area contributed by atoms with Gasteiger partial charge in [0.25, 0.3) is 5.91 Å². The van der Waals surface area contributed by atoms with Crippen LogP contribution in [0.4, 0.5) is 10.1 Å². The van der Waals surface area contributed by atoms with Gasteiger partial charge in [-0.3, -0.25) is 9.80 Å². The van der Waals surface area contributed by atoms with Crippen LogP contribution in [-0.4, -0.2) is 66.4 Å². The minimum absolute atomic E-state index is 0.0925. The predicted molar refractivity (Wildman–Crippen MR) is 159 cm³/mol. The molecule has 2 aliphatic heterocycles. The van der Waals surface area contributed by atoms with E-state index in [0.29, 0.717) is 29.8 Å². The highest BCUT2D eigenvalue weighted by atomic mass is 19.1. The number of hydrogen-bond donors (Lipinski definition) is 2. The minimum atomic E-state index is -1.22. The first kappa shape index (κ1) is 27.2. The number of amides is 1. The summed E-state index contributed by atoms with van der Waals surface area (Å²) in [5, 5.41) is 14.3. The number of aryl methyl sites for hydroxylation is 1. The summed E-state index contributed by atoms with van der Waals surface area (Å²) in [6, 6.07) is 20.7. The number of fused-ring (bicyclic) bond motifs is 1. The third-order valence-corrected chi connectivity index (χ3v) is 8.09. The van der Waals surface area contributed by atoms with Gasteiger partial charge in [-0.05, 0) is 74.2 Å². The first-order valence-corrected chi connectivity index (χ1v) is 14.4. The topological polar surface area (TPSA) is 74.7 Å². The Labute approximate surface area is 240 Å². The fraction of sp³-hybridized carbons (Fsp3) is 0.375. The van der Waals surface area contributed by atoms with Gasteiger partial charge in [0.1, 0.15) is 12.4 Å². The number of nitrogens with one attached hydrogen (secondary N) is 2. The fourth-order valence-electron chi connectivity index (χ4n) is 5.77. The van der Waals surface area contributed by atoms with Crippen molar-refractivity contribution in [3.05, 3.63) is 95.2 Å². The summed E-state index contributed by atoms with van der Waals surface area (Å²) in [5.74, 6) is -0.161. The van der Waals surface area contributed by atoms with E-state index >= 15 is 4.39 Å². The Morgan fingerprint density at radius 3 is 2.73 bits per heavy atom. The van der Waals surface area contributed by atoms with Crippen molar-refractivity contribution < 1.29 is 13.9 Å². The van der Waals surface area contributed by atoms with E-state index in [9.17, 15) is 4.79 Å². The number of rotatable bonds is 7. The molecule has 0 bridgehead atoms. The van der Waals surface area contributed by atoms with Crippen LogP contribution in [0.3, 0.4) is 0 Å². The zero-order valence-electron chi connectivity index (χ0n) is 23.6. The van der Waals surface area contributed by atoms with E-state index < -0.39 is 6.17 Å². The summed E-state index contributed by atoms with van der Waals surface area (Å²) in [6.07, 6.45) is 3.23. The summed E-state index contributed by atoms with van der Waals surface area (Å²) >= 11 is 0. The number of alkyl halides is 1. The number of anilines is 1. The number of carbonyl (C=O) groups is 1. The predicted octanol–water partition coefficient (Wildman–Crippen LogP) is 4.98. The minimum Gasteiger partial charge on any atom is -0.359 e. The summed E-state index contributed by atoms with van der Waals surface area (Å²) in [7, 11) is 2.05. The molecule has 1 amide bonds. The second-order valence-electron chi connectivity index (χ2n) is 11.0. The van der Waals surface area contributed by atoms with E-state index in [1.807, 2.05) is 85.5 Å². The summed E-state index contributed by atoms with van der Waals surface area (Å²) < 4.78 is 21.4. The van der Waals surface area contributed by atoms with E-state index in [0.717, 1.165) is 54.6 Å². The van der Waals surface area contributed by atoms with Crippen LogP contribution < -0.4 is 15.6 Å². The molecule has 1 aromatic heterocycles. The smallest absolute Gasteiger partial charge is 0.255 e. The SMILES string of the molecule is Cc1ccccc1C(F)c1ccc2c(cnn2N2CCN(C)CC2NC(=O)c2ccccc2NC2CCCCO2)c1. The molecular formula is C32H37FN6O2. The summed E-state index contributed by atoms with van der Waals surface area (Å²) in [5.41, 5.74) is 4.40. The maximum absolute atomic E-state index is 15.5. The summed E-state index contributed by atoms with van der Waals surface area (Å²) in [4.78, 5) is 17.7. The van der Waals surface area contributed by atoms with Crippen molar-refractivity contribution in [1.82, 2.24) is 20.1 Å². The number of piperazine rings is 1. The molecule has 8 nitrogen and oxygen atoms in total. The molecule has 2 fully saturated rings. The maximum Gasteiger partial charge on any atom is 0.255 e. The van der Waals surface area contributed by atoms with E-state index in [1.54, 1.807) is 6.20 Å². The molecule has 3 heterocycles. The molecule has 2 N–H and O–H groups in total. The number of benzene rings is 3. The molecule has 4 aromatic rings. The van der Waals surface area contributed by atoms with Crippen LogP contribution >= 0.6 is 0 Å². The molecule has 9 heteroatoms. The number of ether oxygens (including phenoxy) is 1. The quantitative estimate of drug-likeness (QED) is 0.335. The normalized spacial score (nSPS) is 20.6. The van der Waals surface area contributed by atoms with Gasteiger partial charge < -0.3 is 20.3 Å². The Bertz CT molecular complexity index is 1520. The van der Waals surface area contributed by atoms with E-state index in [-0.39, 0.29) is 18.3 Å². The molecule has 2 saturated heterocycles. The monoisotopic (exact) mass is 556 g/mol. The highest BCUT2D eigenvalue weighted by molar-refractivity contribution is 6.00. The molecular weight excluding hydrogens is 519 g/mol. The Kier molecular flexibility index (Phi) is 7.89. The highest BCUT2D eigenvalue weighted by Gasteiger charge is 2.30. The number of carbonyl (C=O) groups excluding carboxylic acids is 1. The molecule has 6 rings (SSSR count). The zero-order valence-corrected chi connectivity index (χ0v) is 23.6. The second-order valence-corrected chi connectivity index (χ2v) is 11.0. The number of halogens is 1. The number of hydrogen-bond acceptors (Lipinski definition) is 6. The van der Waals surface area contributed by atoms with Crippen LogP contribution in [0.25, 0.3) is 10.9 Å². The van der Waals surface area contributed by atoms with Crippen LogP contribution in [0.1, 0.15) is 52.5 Å². The van der Waals surface area contributed by atoms with Crippen LogP contribution in [0.5, 0.6) is 0 Å². The van der Waals surface area contributed by atoms with Gasteiger partial charge in [-0.1, -0.05) is 42.5 Å². The molecule has 41 heavy (non-hydrogen) atoms. The Morgan fingerprint density at radius 1 is 1.07 bits per heavy atom. The Balaban J connectivity index is 1.23. The first-order valence-electron chi connectivity index (χ1n) is 14.4. The number of likely N-dealkylation sites (N-methyl/N-ethyl adjacent to an activating group) is 1. The molecule has 3 aromatic carbocycles. The van der Waals surface area contributed by atoms with Crippen molar-refractivity contribution in [3.63, 3.8) is 0 Å². The third kappa shape index (κ3) is 5.78. The zero-order chi connectivity index (χ0) is 28.3. The van der Waals surface area contributed by atoms with Crippen molar-refractivity contribution in [2.24, 2.45) is 0 Å². The van der Waals surface area contributed by atoms with Crippen molar-refractivity contribution in [2.45, 2.75) is 44.8 Å². The fourth-order valence-corrected chi connectivity index (χ4v) is 5.77. The molecule has 0 saturated carbocycles. The van der Waals surface area contributed by atoms with Crippen LogP contribution in [0.2, 0.25) is 0 Å². The van der Waals surface area contributed by atoms with Crippen molar-refractivity contribution in [1.29, 1.82) is 0 Å². The van der Waals surface area contributed by atoms with Crippen molar-refractivity contribution in [3.8, 4) is 0 Å². The van der Waals surface area contributed by atoms with Crippen molar-refractivity contribution in [2.75, 3.05) is 43.6 Å². The third-order valence-electron chi connectivity index (χ3n) is 8.09. The van der Waals surface area contributed by atoms with Gasteiger partial charge in [-0.2, -0.15) is 9.89 Å². The van der Waals surface area contributed by atoms with E-state index in [4.69, 9.17) is 4.74 Å². The average molecular weight is 557 g/mol. The van der Waals surface area contributed by atoms with Gasteiger partial charge in [0, 0.05) is 30.8 Å². The molecule has 3 atom stereocenters. The molecule has 2 aliphatic rings. The lowest BCUT2D eigenvalue weighted by molar-refractivity contribution is 0.0343. The first-order chi connectivity index (χ1) is 20.0. The van der Waals surface area contributed by atoms with Gasteiger partial charge in [0.05, 0.1) is 23.8 Å². The molecule has 0 spiro atoms. The van der Waals surface area contributed by atoms with Crippen molar-refractivity contribution >= 4 is 22.5 Å². The van der Waals surface area contributed by atoms with Crippen LogP contribution in [-0.2, 0) is 4.74 Å². The lowest BCUT2D eigenvalue weighted by Gasteiger charge is -2.41. The van der Waals surface area contributed by atoms with E-state index in [1.165, 1.54) is 0 Å². The van der Waals surface area contributed by atoms with Gasteiger partial charge in [0.15, 0.2) is 6.17 Å². The van der Waals surface area contributed by atoms with Crippen LogP contribution in [0.15, 0.2) is 72.9 Å². The molecule has 0 aliphatic carbocycles. The van der Waals surface area contributed by atoms with Gasteiger partial charge in [0.2, 0.25) is 0 Å². The highest BCUT2D eigenvalue weighted by Crippen LogP contribution is 2.31. The average Bonchev–Trinajstić information content (AvgIpc) is 3.41. The van der Waals surface area contributed by atoms with E-state index in [2.05, 4.69) is 25.6 Å². The molecule has 3 unspecified atom stereocenters. The number of para-hydroxylation sites is 1. The number of aromatic nitrogens is 2. The standard InChI is InChI=1S/C32H37FN6O2/c1-22-9-3-4-10-25(22)31(33)23-14-15-28-24(19-23)20-34-39(28)38-17-16-37(2)21-29(38)36-32(40)26-11-5-6-12-27(26)35-30-13-7-8-18-41-30/h3-6,9-12,14-15,19-20,29-31,35H,7-8,13,16-18,21H2,1-2H3,(H,36,40). The van der Waals surface area contributed by atoms with Gasteiger partial charge >= 0.3 is 0 Å². The Hall–Kier alpha value is -3.95.